The molecule has 0 radical (unpaired) electrons. The average Bonchev–Trinajstić information content (AvgIpc) is 3.19. The van der Waals surface area contributed by atoms with Crippen LogP contribution < -0.4 is 5.73 Å². The van der Waals surface area contributed by atoms with E-state index in [9.17, 15) is 0 Å². The van der Waals surface area contributed by atoms with Crippen LogP contribution >= 0.6 is 0 Å². The lowest BCUT2D eigenvalue weighted by atomic mass is 10.2. The third-order valence-electron chi connectivity index (χ3n) is 3.30. The van der Waals surface area contributed by atoms with Gasteiger partial charge in [-0.25, -0.2) is 0 Å². The maximum absolute atomic E-state index is 5.63. The molecule has 2 rings (SSSR count). The zero-order chi connectivity index (χ0) is 12.1. The fourth-order valence-corrected chi connectivity index (χ4v) is 2.13. The summed E-state index contributed by atoms with van der Waals surface area (Å²) in [6, 6.07) is 6.98. The van der Waals surface area contributed by atoms with Crippen molar-refractivity contribution >= 4 is 0 Å². The van der Waals surface area contributed by atoms with Crippen LogP contribution in [-0.4, -0.2) is 22.5 Å². The first-order valence-electron chi connectivity index (χ1n) is 6.72. The second-order valence-electron chi connectivity index (χ2n) is 4.88. The van der Waals surface area contributed by atoms with E-state index < -0.39 is 0 Å². The Hall–Kier alpha value is -0.930. The summed E-state index contributed by atoms with van der Waals surface area (Å²) < 4.78 is 0. The highest BCUT2D eigenvalue weighted by Crippen LogP contribution is 2.28. The number of nitrogens with zero attached hydrogens (tertiary/aromatic N) is 2. The maximum atomic E-state index is 5.63. The van der Waals surface area contributed by atoms with Crippen LogP contribution in [0.5, 0.6) is 0 Å². The molecule has 0 aromatic carbocycles. The van der Waals surface area contributed by atoms with Gasteiger partial charge >= 0.3 is 0 Å². The summed E-state index contributed by atoms with van der Waals surface area (Å²) >= 11 is 0. The van der Waals surface area contributed by atoms with Crippen molar-refractivity contribution in [1.82, 2.24) is 9.88 Å². The molecule has 17 heavy (non-hydrogen) atoms. The Bertz CT molecular complexity index is 347. The molecule has 2 N–H and O–H groups in total. The van der Waals surface area contributed by atoms with Crippen molar-refractivity contribution in [3.8, 4) is 0 Å². The Morgan fingerprint density at radius 2 is 2.12 bits per heavy atom. The van der Waals surface area contributed by atoms with Gasteiger partial charge in [-0.3, -0.25) is 9.88 Å². The topological polar surface area (TPSA) is 42.1 Å². The van der Waals surface area contributed by atoms with Crippen molar-refractivity contribution in [2.75, 3.05) is 6.54 Å². The van der Waals surface area contributed by atoms with Crippen LogP contribution in [0.15, 0.2) is 18.2 Å². The molecule has 1 aliphatic rings. The minimum absolute atomic E-state index is 0.534. The molecule has 1 aliphatic carbocycles. The summed E-state index contributed by atoms with van der Waals surface area (Å²) in [5, 5.41) is 0. The number of rotatable bonds is 7. The van der Waals surface area contributed by atoms with Gasteiger partial charge in [-0.05, 0) is 37.9 Å². The van der Waals surface area contributed by atoms with E-state index in [1.54, 1.807) is 0 Å². The number of unbranched alkanes of at least 4 members (excludes halogenated alkanes) is 1. The number of hydrogen-bond acceptors (Lipinski definition) is 3. The number of aromatic nitrogens is 1. The highest BCUT2D eigenvalue weighted by Gasteiger charge is 2.28. The summed E-state index contributed by atoms with van der Waals surface area (Å²) in [6.07, 6.45) is 5.27. The molecule has 0 bridgehead atoms. The third-order valence-corrected chi connectivity index (χ3v) is 3.30. The number of pyridine rings is 1. The molecule has 94 valence electrons. The summed E-state index contributed by atoms with van der Waals surface area (Å²) in [7, 11) is 0. The second-order valence-corrected chi connectivity index (χ2v) is 4.88. The Kier molecular flexibility index (Phi) is 4.51. The maximum Gasteiger partial charge on any atom is 0.0547 e. The summed E-state index contributed by atoms with van der Waals surface area (Å²) in [6.45, 7) is 4.97. The van der Waals surface area contributed by atoms with Crippen molar-refractivity contribution in [2.24, 2.45) is 5.73 Å². The van der Waals surface area contributed by atoms with Gasteiger partial charge in [0, 0.05) is 19.1 Å². The predicted molar refractivity (Wildman–Crippen MR) is 70.5 cm³/mol. The molecular formula is C14H23N3. The van der Waals surface area contributed by atoms with Gasteiger partial charge in [0.1, 0.15) is 0 Å². The molecule has 3 heteroatoms. The van der Waals surface area contributed by atoms with E-state index in [0.29, 0.717) is 6.54 Å². The quantitative estimate of drug-likeness (QED) is 0.786. The normalized spacial score (nSPS) is 15.5. The van der Waals surface area contributed by atoms with Gasteiger partial charge in [0.15, 0.2) is 0 Å². The van der Waals surface area contributed by atoms with Crippen LogP contribution in [-0.2, 0) is 13.1 Å². The van der Waals surface area contributed by atoms with E-state index in [0.717, 1.165) is 24.0 Å². The SMILES string of the molecule is CCCCN(Cc1cccc(CN)n1)C1CC1. The van der Waals surface area contributed by atoms with Crippen LogP contribution in [0, 0.1) is 0 Å². The fraction of sp³-hybridized carbons (Fsp3) is 0.643. The molecule has 0 aliphatic heterocycles. The zero-order valence-electron chi connectivity index (χ0n) is 10.7. The Balaban J connectivity index is 1.95. The molecule has 1 fully saturated rings. The first kappa shape index (κ1) is 12.5. The molecule has 0 saturated heterocycles. The van der Waals surface area contributed by atoms with Crippen molar-refractivity contribution < 1.29 is 0 Å². The minimum atomic E-state index is 0.534. The molecular weight excluding hydrogens is 210 g/mol. The molecule has 1 aromatic heterocycles. The molecule has 0 amide bonds. The van der Waals surface area contributed by atoms with Gasteiger partial charge in [0.05, 0.1) is 11.4 Å². The van der Waals surface area contributed by atoms with Gasteiger partial charge in [-0.1, -0.05) is 19.4 Å². The predicted octanol–water partition coefficient (Wildman–Crippen LogP) is 2.30. The van der Waals surface area contributed by atoms with Crippen LogP contribution in [0.25, 0.3) is 0 Å². The Labute approximate surface area is 104 Å². The van der Waals surface area contributed by atoms with Crippen molar-refractivity contribution in [1.29, 1.82) is 0 Å². The molecule has 1 saturated carbocycles. The minimum Gasteiger partial charge on any atom is -0.325 e. The fourth-order valence-electron chi connectivity index (χ4n) is 2.13. The zero-order valence-corrected chi connectivity index (χ0v) is 10.7. The van der Waals surface area contributed by atoms with Crippen LogP contribution in [0.3, 0.4) is 0 Å². The third kappa shape index (κ3) is 3.79. The number of hydrogen-bond donors (Lipinski definition) is 1. The molecule has 0 atom stereocenters. The van der Waals surface area contributed by atoms with Crippen molar-refractivity contribution in [2.45, 2.75) is 51.7 Å². The molecule has 1 aromatic rings. The van der Waals surface area contributed by atoms with E-state index in [4.69, 9.17) is 5.73 Å². The van der Waals surface area contributed by atoms with Gasteiger partial charge in [0.2, 0.25) is 0 Å². The Morgan fingerprint density at radius 1 is 1.35 bits per heavy atom. The lowest BCUT2D eigenvalue weighted by molar-refractivity contribution is 0.247. The first-order valence-corrected chi connectivity index (χ1v) is 6.72. The Morgan fingerprint density at radius 3 is 2.76 bits per heavy atom. The lowest BCUT2D eigenvalue weighted by Gasteiger charge is -2.21. The van der Waals surface area contributed by atoms with E-state index in [1.165, 1.54) is 32.2 Å². The van der Waals surface area contributed by atoms with Crippen LogP contribution in [0.1, 0.15) is 44.0 Å². The van der Waals surface area contributed by atoms with Gasteiger partial charge in [0.25, 0.3) is 0 Å². The van der Waals surface area contributed by atoms with E-state index in [1.807, 2.05) is 6.07 Å². The largest absolute Gasteiger partial charge is 0.325 e. The lowest BCUT2D eigenvalue weighted by Crippen LogP contribution is -2.27. The van der Waals surface area contributed by atoms with E-state index in [-0.39, 0.29) is 0 Å². The second kappa shape index (κ2) is 6.12. The van der Waals surface area contributed by atoms with E-state index >= 15 is 0 Å². The highest BCUT2D eigenvalue weighted by molar-refractivity contribution is 5.11. The average molecular weight is 233 g/mol. The summed E-state index contributed by atoms with van der Waals surface area (Å²) in [5.41, 5.74) is 7.78. The standard InChI is InChI=1S/C14H23N3/c1-2-3-9-17(14-7-8-14)11-13-6-4-5-12(10-15)16-13/h4-6,14H,2-3,7-11,15H2,1H3. The molecule has 3 nitrogen and oxygen atoms in total. The highest BCUT2D eigenvalue weighted by atomic mass is 15.2. The molecule has 1 heterocycles. The first-order chi connectivity index (χ1) is 8.33. The monoisotopic (exact) mass is 233 g/mol. The van der Waals surface area contributed by atoms with Crippen molar-refractivity contribution in [3.05, 3.63) is 29.6 Å². The van der Waals surface area contributed by atoms with Gasteiger partial charge < -0.3 is 5.73 Å². The van der Waals surface area contributed by atoms with Gasteiger partial charge in [-0.2, -0.15) is 0 Å². The number of nitrogens with two attached hydrogens (primary N) is 1. The smallest absolute Gasteiger partial charge is 0.0547 e. The van der Waals surface area contributed by atoms with Crippen molar-refractivity contribution in [3.63, 3.8) is 0 Å². The molecule has 0 unspecified atom stereocenters. The summed E-state index contributed by atoms with van der Waals surface area (Å²) in [4.78, 5) is 7.16. The van der Waals surface area contributed by atoms with Crippen LogP contribution in [0.2, 0.25) is 0 Å². The van der Waals surface area contributed by atoms with E-state index in [2.05, 4.69) is 28.9 Å². The molecule has 0 spiro atoms. The van der Waals surface area contributed by atoms with Gasteiger partial charge in [-0.15, -0.1) is 0 Å². The van der Waals surface area contributed by atoms with Crippen LogP contribution in [0.4, 0.5) is 0 Å². The summed E-state index contributed by atoms with van der Waals surface area (Å²) in [5.74, 6) is 0.